The van der Waals surface area contributed by atoms with Gasteiger partial charge in [0.15, 0.2) is 11.0 Å². The third-order valence-electron chi connectivity index (χ3n) is 5.61. The van der Waals surface area contributed by atoms with E-state index in [0.29, 0.717) is 30.6 Å². The summed E-state index contributed by atoms with van der Waals surface area (Å²) in [6, 6.07) is 12.7. The Kier molecular flexibility index (Phi) is 7.55. The van der Waals surface area contributed by atoms with Crippen molar-refractivity contribution in [2.75, 3.05) is 12.9 Å². The first-order valence-corrected chi connectivity index (χ1v) is 11.1. The molecule has 0 saturated heterocycles. The van der Waals surface area contributed by atoms with Gasteiger partial charge < -0.3 is 4.74 Å². The van der Waals surface area contributed by atoms with Gasteiger partial charge in [-0.15, -0.1) is 10.2 Å². The van der Waals surface area contributed by atoms with E-state index in [4.69, 9.17) is 10.00 Å². The van der Waals surface area contributed by atoms with Crippen molar-refractivity contribution in [3.63, 3.8) is 0 Å². The molecule has 2 aromatic rings. The van der Waals surface area contributed by atoms with Crippen LogP contribution in [0, 0.1) is 34.5 Å². The number of ether oxygens (including phenoxy) is 1. The molecule has 6 nitrogen and oxygen atoms in total. The molecule has 1 saturated carbocycles. The molecule has 7 heteroatoms. The van der Waals surface area contributed by atoms with E-state index >= 15 is 0 Å². The van der Waals surface area contributed by atoms with Crippen molar-refractivity contribution in [3.8, 4) is 29.3 Å². The molecule has 0 amide bonds. The molecule has 0 aliphatic heterocycles. The summed E-state index contributed by atoms with van der Waals surface area (Å²) in [4.78, 5) is 0. The third-order valence-corrected chi connectivity index (χ3v) is 6.72. The molecule has 1 aromatic heterocycles. The molecule has 1 aliphatic carbocycles. The van der Waals surface area contributed by atoms with Crippen LogP contribution in [0.2, 0.25) is 0 Å². The number of nitriles is 2. The van der Waals surface area contributed by atoms with Crippen molar-refractivity contribution in [2.24, 2.45) is 11.8 Å². The van der Waals surface area contributed by atoms with Gasteiger partial charge in [0.2, 0.25) is 0 Å². The molecule has 0 spiro atoms. The number of nitrogens with zero attached hydrogens (tertiary/aromatic N) is 5. The maximum absolute atomic E-state index is 9.40. The Morgan fingerprint density at radius 1 is 1.21 bits per heavy atom. The SMILES string of the molecule is COc1ccc(-c2nnc(SC[C@H](C#N)CCC#N)n2[C@@H]2CCCC[C@@H]2C)cc1. The summed E-state index contributed by atoms with van der Waals surface area (Å²) in [6.07, 6.45) is 5.80. The minimum atomic E-state index is -0.155. The summed E-state index contributed by atoms with van der Waals surface area (Å²) in [6.45, 7) is 2.31. The summed E-state index contributed by atoms with van der Waals surface area (Å²) in [5.41, 5.74) is 1.02. The maximum atomic E-state index is 9.40. The highest BCUT2D eigenvalue weighted by Gasteiger charge is 2.29. The highest BCUT2D eigenvalue weighted by Crippen LogP contribution is 2.39. The van der Waals surface area contributed by atoms with E-state index in [1.165, 1.54) is 19.3 Å². The van der Waals surface area contributed by atoms with Crippen LogP contribution in [-0.4, -0.2) is 27.6 Å². The van der Waals surface area contributed by atoms with E-state index in [-0.39, 0.29) is 5.92 Å². The van der Waals surface area contributed by atoms with Gasteiger partial charge in [-0.25, -0.2) is 0 Å². The number of hydrogen-bond acceptors (Lipinski definition) is 6. The van der Waals surface area contributed by atoms with Gasteiger partial charge in [0.1, 0.15) is 5.75 Å². The summed E-state index contributed by atoms with van der Waals surface area (Å²) in [7, 11) is 1.66. The molecule has 3 rings (SSSR count). The summed E-state index contributed by atoms with van der Waals surface area (Å²) in [5.74, 6) is 2.72. The molecule has 1 aromatic carbocycles. The quantitative estimate of drug-likeness (QED) is 0.554. The fourth-order valence-corrected chi connectivity index (χ4v) is 4.94. The minimum absolute atomic E-state index is 0.155. The molecule has 29 heavy (non-hydrogen) atoms. The molecule has 0 unspecified atom stereocenters. The Morgan fingerprint density at radius 3 is 2.62 bits per heavy atom. The second-order valence-electron chi connectivity index (χ2n) is 7.57. The highest BCUT2D eigenvalue weighted by atomic mass is 32.2. The van der Waals surface area contributed by atoms with E-state index in [1.54, 1.807) is 18.9 Å². The highest BCUT2D eigenvalue weighted by molar-refractivity contribution is 7.99. The normalized spacial score (nSPS) is 19.9. The number of hydrogen-bond donors (Lipinski definition) is 0. The minimum Gasteiger partial charge on any atom is -0.497 e. The topological polar surface area (TPSA) is 87.5 Å². The van der Waals surface area contributed by atoms with Crippen molar-refractivity contribution in [1.29, 1.82) is 10.5 Å². The first-order valence-electron chi connectivity index (χ1n) is 10.2. The molecule has 0 N–H and O–H groups in total. The average molecular weight is 410 g/mol. The van der Waals surface area contributed by atoms with Gasteiger partial charge in [0.05, 0.1) is 25.2 Å². The van der Waals surface area contributed by atoms with Crippen molar-refractivity contribution in [1.82, 2.24) is 14.8 Å². The largest absolute Gasteiger partial charge is 0.497 e. The van der Waals surface area contributed by atoms with Crippen LogP contribution in [0.4, 0.5) is 0 Å². The zero-order chi connectivity index (χ0) is 20.6. The Hall–Kier alpha value is -2.51. The molecule has 1 fully saturated rings. The molecule has 1 heterocycles. The fourth-order valence-electron chi connectivity index (χ4n) is 3.89. The molecule has 0 bridgehead atoms. The van der Waals surface area contributed by atoms with Gasteiger partial charge >= 0.3 is 0 Å². The smallest absolute Gasteiger partial charge is 0.191 e. The molecular formula is C22H27N5OS. The number of methoxy groups -OCH3 is 1. The number of rotatable bonds is 8. The summed E-state index contributed by atoms with van der Waals surface area (Å²) < 4.78 is 7.57. The number of aromatic nitrogens is 3. The summed E-state index contributed by atoms with van der Waals surface area (Å²) >= 11 is 1.58. The zero-order valence-corrected chi connectivity index (χ0v) is 17.9. The van der Waals surface area contributed by atoms with E-state index in [9.17, 15) is 5.26 Å². The van der Waals surface area contributed by atoms with Crippen molar-refractivity contribution in [2.45, 2.75) is 56.6 Å². The van der Waals surface area contributed by atoms with Crippen LogP contribution in [0.3, 0.4) is 0 Å². The lowest BCUT2D eigenvalue weighted by atomic mass is 9.85. The molecule has 1 aliphatic rings. The van der Waals surface area contributed by atoms with Crippen LogP contribution >= 0.6 is 11.8 Å². The van der Waals surface area contributed by atoms with Gasteiger partial charge in [0.25, 0.3) is 0 Å². The second kappa shape index (κ2) is 10.3. The fraction of sp³-hybridized carbons (Fsp3) is 0.545. The molecular weight excluding hydrogens is 382 g/mol. The van der Waals surface area contributed by atoms with Gasteiger partial charge in [0, 0.05) is 23.8 Å². The van der Waals surface area contributed by atoms with Gasteiger partial charge in [-0.3, -0.25) is 4.57 Å². The Bertz CT molecular complexity index is 880. The second-order valence-corrected chi connectivity index (χ2v) is 8.55. The van der Waals surface area contributed by atoms with Crippen LogP contribution in [0.5, 0.6) is 5.75 Å². The van der Waals surface area contributed by atoms with Crippen LogP contribution in [-0.2, 0) is 0 Å². The van der Waals surface area contributed by atoms with Crippen LogP contribution < -0.4 is 4.74 Å². The molecule has 0 radical (unpaired) electrons. The lowest BCUT2D eigenvalue weighted by Crippen LogP contribution is -2.22. The lowest BCUT2D eigenvalue weighted by Gasteiger charge is -2.31. The first kappa shape index (κ1) is 21.2. The van der Waals surface area contributed by atoms with Gasteiger partial charge in [-0.05, 0) is 49.4 Å². The van der Waals surface area contributed by atoms with Crippen LogP contribution in [0.25, 0.3) is 11.4 Å². The molecule has 3 atom stereocenters. The van der Waals surface area contributed by atoms with Crippen molar-refractivity contribution in [3.05, 3.63) is 24.3 Å². The van der Waals surface area contributed by atoms with E-state index < -0.39 is 0 Å². The first-order chi connectivity index (χ1) is 14.2. The van der Waals surface area contributed by atoms with Crippen molar-refractivity contribution >= 4 is 11.8 Å². The third kappa shape index (κ3) is 5.10. The average Bonchev–Trinajstić information content (AvgIpc) is 3.18. The van der Waals surface area contributed by atoms with E-state index in [0.717, 1.165) is 28.7 Å². The Morgan fingerprint density at radius 2 is 1.97 bits per heavy atom. The number of thioether (sulfide) groups is 1. The van der Waals surface area contributed by atoms with Crippen molar-refractivity contribution < 1.29 is 4.74 Å². The Balaban J connectivity index is 1.90. The maximum Gasteiger partial charge on any atom is 0.191 e. The number of benzene rings is 1. The van der Waals surface area contributed by atoms with E-state index in [2.05, 4.69) is 33.8 Å². The van der Waals surface area contributed by atoms with Gasteiger partial charge in [-0.1, -0.05) is 31.5 Å². The standard InChI is InChI=1S/C22H27N5OS/c1-16-6-3-4-8-20(16)27-21(18-9-11-19(28-2)12-10-18)25-26-22(27)29-15-17(14-24)7-5-13-23/h9-12,16-17,20H,3-8,15H2,1-2H3/t16-,17-,20+/m0/s1. The Labute approximate surface area is 176 Å². The predicted molar refractivity (Wildman–Crippen MR) is 113 cm³/mol. The summed E-state index contributed by atoms with van der Waals surface area (Å²) in [5, 5.41) is 28.1. The lowest BCUT2D eigenvalue weighted by molar-refractivity contribution is 0.247. The van der Waals surface area contributed by atoms with Crippen LogP contribution in [0.15, 0.2) is 29.4 Å². The van der Waals surface area contributed by atoms with Crippen LogP contribution in [0.1, 0.15) is 51.5 Å². The molecule has 152 valence electrons. The van der Waals surface area contributed by atoms with Gasteiger partial charge in [-0.2, -0.15) is 10.5 Å². The van der Waals surface area contributed by atoms with E-state index in [1.807, 2.05) is 24.3 Å². The zero-order valence-electron chi connectivity index (χ0n) is 17.0. The monoisotopic (exact) mass is 409 g/mol. The predicted octanol–water partition coefficient (Wildman–Crippen LogP) is 5.24.